The standard InChI is InChI=1S/C26H23F5N4O3/c1-12-8-16(27)9-13(2)20(12)22-19(38-4)11-18(28)21(34-22)24-32-14(3)23(35(24)37)25(36)33-17-7-5-6-15(10-17)26(29,30)31/h5-11,24,32,37H,1-4H3,(H,33,36). The molecule has 1 atom stereocenters. The number of nitrogens with zero attached hydrogens (tertiary/aromatic N) is 2. The van der Waals surface area contributed by atoms with Gasteiger partial charge in [-0.05, 0) is 62.2 Å². The van der Waals surface area contributed by atoms with Crippen molar-refractivity contribution in [2.45, 2.75) is 33.1 Å². The Morgan fingerprint density at radius 1 is 1.11 bits per heavy atom. The summed E-state index contributed by atoms with van der Waals surface area (Å²) in [4.78, 5) is 17.3. The number of amides is 1. The topological polar surface area (TPSA) is 86.7 Å². The van der Waals surface area contributed by atoms with E-state index in [-0.39, 0.29) is 34.2 Å². The first-order valence-electron chi connectivity index (χ1n) is 11.3. The van der Waals surface area contributed by atoms with Gasteiger partial charge < -0.3 is 15.4 Å². The number of benzene rings is 2. The molecule has 2 heterocycles. The van der Waals surface area contributed by atoms with Crippen LogP contribution in [0.3, 0.4) is 0 Å². The monoisotopic (exact) mass is 534 g/mol. The molecule has 12 heteroatoms. The Bertz CT molecular complexity index is 1430. The van der Waals surface area contributed by atoms with E-state index in [1.165, 1.54) is 32.2 Å². The van der Waals surface area contributed by atoms with Gasteiger partial charge in [-0.25, -0.2) is 18.8 Å². The highest BCUT2D eigenvalue weighted by Gasteiger charge is 2.37. The van der Waals surface area contributed by atoms with Crippen molar-refractivity contribution in [2.75, 3.05) is 12.4 Å². The summed E-state index contributed by atoms with van der Waals surface area (Å²) in [6, 6.07) is 7.64. The Morgan fingerprint density at radius 3 is 2.37 bits per heavy atom. The van der Waals surface area contributed by atoms with E-state index in [1.807, 2.05) is 0 Å². The van der Waals surface area contributed by atoms with Crippen LogP contribution in [0.25, 0.3) is 11.3 Å². The molecule has 0 fully saturated rings. The second-order valence-corrected chi connectivity index (χ2v) is 8.72. The molecular weight excluding hydrogens is 511 g/mol. The molecule has 1 aromatic heterocycles. The maximum Gasteiger partial charge on any atom is 0.416 e. The second kappa shape index (κ2) is 9.93. The molecule has 3 aromatic rings. The summed E-state index contributed by atoms with van der Waals surface area (Å²) in [6.45, 7) is 4.74. The number of carbonyl (C=O) groups is 1. The largest absolute Gasteiger partial charge is 0.494 e. The minimum Gasteiger partial charge on any atom is -0.494 e. The van der Waals surface area contributed by atoms with Crippen molar-refractivity contribution < 1.29 is 36.7 Å². The summed E-state index contributed by atoms with van der Waals surface area (Å²) in [5.74, 6) is -2.19. The van der Waals surface area contributed by atoms with Gasteiger partial charge in [0.1, 0.15) is 23.0 Å². The SMILES string of the molecule is COc1cc(F)c(C2NC(C)=C(C(=O)Nc3cccc(C(F)(F)F)c3)N2O)nc1-c1c(C)cc(F)cc1C. The van der Waals surface area contributed by atoms with Crippen LogP contribution in [0.15, 0.2) is 53.9 Å². The molecule has 0 spiro atoms. The Hall–Kier alpha value is -4.19. The maximum atomic E-state index is 15.2. The van der Waals surface area contributed by atoms with Gasteiger partial charge in [-0.2, -0.15) is 13.2 Å². The molecule has 0 saturated heterocycles. The zero-order valence-corrected chi connectivity index (χ0v) is 20.7. The summed E-state index contributed by atoms with van der Waals surface area (Å²) in [7, 11) is 1.32. The minimum absolute atomic E-state index is 0.0683. The molecule has 0 aliphatic carbocycles. The summed E-state index contributed by atoms with van der Waals surface area (Å²) in [5.41, 5.74) is 0.0753. The summed E-state index contributed by atoms with van der Waals surface area (Å²) >= 11 is 0. The van der Waals surface area contributed by atoms with Crippen molar-refractivity contribution >= 4 is 11.6 Å². The van der Waals surface area contributed by atoms with Gasteiger partial charge in [-0.1, -0.05) is 6.07 Å². The predicted molar refractivity (Wildman–Crippen MR) is 128 cm³/mol. The van der Waals surface area contributed by atoms with Crippen molar-refractivity contribution in [2.24, 2.45) is 0 Å². The van der Waals surface area contributed by atoms with E-state index in [0.717, 1.165) is 24.3 Å². The molecule has 1 unspecified atom stereocenters. The number of pyridine rings is 1. The smallest absolute Gasteiger partial charge is 0.416 e. The molecule has 1 aliphatic rings. The van der Waals surface area contributed by atoms with Gasteiger partial charge in [0.2, 0.25) is 0 Å². The van der Waals surface area contributed by atoms with Crippen LogP contribution in [0.2, 0.25) is 0 Å². The average molecular weight is 534 g/mol. The molecule has 2 aromatic carbocycles. The Balaban J connectivity index is 1.68. The number of carbonyl (C=O) groups excluding carboxylic acids is 1. The van der Waals surface area contributed by atoms with Crippen molar-refractivity contribution in [3.63, 3.8) is 0 Å². The highest BCUT2D eigenvalue weighted by atomic mass is 19.4. The van der Waals surface area contributed by atoms with Crippen molar-refractivity contribution in [3.05, 3.63) is 87.9 Å². The maximum absolute atomic E-state index is 15.2. The first-order valence-corrected chi connectivity index (χ1v) is 11.3. The number of ether oxygens (including phenoxy) is 1. The summed E-state index contributed by atoms with van der Waals surface area (Å²) in [5, 5.41) is 16.4. The molecule has 3 N–H and O–H groups in total. The van der Waals surface area contributed by atoms with Crippen LogP contribution >= 0.6 is 0 Å². The van der Waals surface area contributed by atoms with E-state index in [2.05, 4.69) is 15.6 Å². The van der Waals surface area contributed by atoms with Crippen LogP contribution in [0, 0.1) is 25.5 Å². The number of allylic oxidation sites excluding steroid dienone is 1. The molecule has 0 bridgehead atoms. The third-order valence-corrected chi connectivity index (χ3v) is 6.03. The van der Waals surface area contributed by atoms with Crippen LogP contribution in [0.5, 0.6) is 5.75 Å². The molecule has 1 aliphatic heterocycles. The summed E-state index contributed by atoms with van der Waals surface area (Å²) < 4.78 is 73.5. The zero-order valence-electron chi connectivity index (χ0n) is 20.7. The number of halogens is 5. The summed E-state index contributed by atoms with van der Waals surface area (Å²) in [6.07, 6.45) is -5.97. The number of anilines is 1. The van der Waals surface area contributed by atoms with Gasteiger partial charge in [0.15, 0.2) is 17.7 Å². The normalized spacial score (nSPS) is 15.5. The number of hydroxylamine groups is 2. The molecule has 4 rings (SSSR count). The first kappa shape index (κ1) is 26.9. The number of hydrogen-bond donors (Lipinski definition) is 3. The average Bonchev–Trinajstić information content (AvgIpc) is 3.12. The van der Waals surface area contributed by atoms with E-state index in [0.29, 0.717) is 21.8 Å². The van der Waals surface area contributed by atoms with Crippen LogP contribution in [-0.4, -0.2) is 28.3 Å². The van der Waals surface area contributed by atoms with Gasteiger partial charge in [0, 0.05) is 23.0 Å². The molecule has 0 saturated carbocycles. The number of aryl methyl sites for hydroxylation is 2. The molecule has 0 radical (unpaired) electrons. The van der Waals surface area contributed by atoms with Crippen LogP contribution < -0.4 is 15.4 Å². The fraction of sp³-hybridized carbons (Fsp3) is 0.231. The highest BCUT2D eigenvalue weighted by Crippen LogP contribution is 2.38. The van der Waals surface area contributed by atoms with E-state index >= 15 is 4.39 Å². The quantitative estimate of drug-likeness (QED) is 0.357. The lowest BCUT2D eigenvalue weighted by molar-refractivity contribution is -0.137. The van der Waals surface area contributed by atoms with E-state index in [4.69, 9.17) is 4.74 Å². The van der Waals surface area contributed by atoms with Crippen LogP contribution in [0.1, 0.15) is 35.5 Å². The van der Waals surface area contributed by atoms with Gasteiger partial charge >= 0.3 is 6.18 Å². The third-order valence-electron chi connectivity index (χ3n) is 6.03. The van der Waals surface area contributed by atoms with Crippen molar-refractivity contribution in [1.82, 2.24) is 15.4 Å². The van der Waals surface area contributed by atoms with Crippen LogP contribution in [0.4, 0.5) is 27.6 Å². The Labute approximate surface area is 214 Å². The Kier molecular flexibility index (Phi) is 7.02. The highest BCUT2D eigenvalue weighted by molar-refractivity contribution is 6.04. The molecule has 7 nitrogen and oxygen atoms in total. The lowest BCUT2D eigenvalue weighted by atomic mass is 9.98. The minimum atomic E-state index is -4.62. The number of rotatable bonds is 5. The lowest BCUT2D eigenvalue weighted by Gasteiger charge is -2.23. The van der Waals surface area contributed by atoms with Gasteiger partial charge in [-0.15, -0.1) is 0 Å². The van der Waals surface area contributed by atoms with E-state index < -0.39 is 35.4 Å². The number of nitrogens with one attached hydrogen (secondary N) is 2. The Morgan fingerprint density at radius 2 is 1.76 bits per heavy atom. The number of alkyl halides is 3. The molecule has 1 amide bonds. The van der Waals surface area contributed by atoms with Gasteiger partial charge in [0.05, 0.1) is 12.7 Å². The molecular formula is C26H23F5N4O3. The fourth-order valence-electron chi connectivity index (χ4n) is 4.35. The van der Waals surface area contributed by atoms with E-state index in [9.17, 15) is 27.6 Å². The lowest BCUT2D eigenvalue weighted by Crippen LogP contribution is -2.32. The van der Waals surface area contributed by atoms with Crippen molar-refractivity contribution in [3.8, 4) is 17.0 Å². The van der Waals surface area contributed by atoms with Gasteiger partial charge in [-0.3, -0.25) is 10.0 Å². The fourth-order valence-corrected chi connectivity index (χ4v) is 4.35. The van der Waals surface area contributed by atoms with E-state index in [1.54, 1.807) is 13.8 Å². The number of methoxy groups -OCH3 is 1. The van der Waals surface area contributed by atoms with Crippen LogP contribution in [-0.2, 0) is 11.0 Å². The van der Waals surface area contributed by atoms with Crippen molar-refractivity contribution in [1.29, 1.82) is 0 Å². The molecule has 200 valence electrons. The number of aromatic nitrogens is 1. The second-order valence-electron chi connectivity index (χ2n) is 8.72. The first-order chi connectivity index (χ1) is 17.8. The molecule has 38 heavy (non-hydrogen) atoms. The predicted octanol–water partition coefficient (Wildman–Crippen LogP) is 5.83. The third kappa shape index (κ3) is 4.99. The number of hydrogen-bond acceptors (Lipinski definition) is 6. The van der Waals surface area contributed by atoms with Gasteiger partial charge in [0.25, 0.3) is 5.91 Å². The zero-order chi connectivity index (χ0) is 27.9.